The van der Waals surface area contributed by atoms with Crippen LogP contribution in [0.3, 0.4) is 0 Å². The summed E-state index contributed by atoms with van der Waals surface area (Å²) in [4.78, 5) is 28.2. The van der Waals surface area contributed by atoms with E-state index >= 15 is 0 Å². The molecular weight excluding hydrogens is 270 g/mol. The zero-order valence-electron chi connectivity index (χ0n) is 10.4. The normalized spacial score (nSPS) is 22.5. The smallest absolute Gasteiger partial charge is 0.326 e. The summed E-state index contributed by atoms with van der Waals surface area (Å²) in [6.07, 6.45) is -0.716. The van der Waals surface area contributed by atoms with Crippen molar-refractivity contribution in [3.8, 4) is 0 Å². The van der Waals surface area contributed by atoms with Gasteiger partial charge in [-0.25, -0.2) is 14.6 Å². The Hall–Kier alpha value is -1.67. The third-order valence-electron chi connectivity index (χ3n) is 2.91. The molecule has 1 aromatic rings. The van der Waals surface area contributed by atoms with E-state index in [1.165, 1.54) is 11.3 Å². The zero-order valence-corrected chi connectivity index (χ0v) is 11.2. The minimum absolute atomic E-state index is 0.0406. The number of carboxylic acids is 1. The number of likely N-dealkylation sites (tertiary alicyclic amines) is 1. The van der Waals surface area contributed by atoms with E-state index in [0.717, 1.165) is 15.6 Å². The van der Waals surface area contributed by atoms with Gasteiger partial charge in [-0.05, 0) is 6.92 Å². The summed E-state index contributed by atoms with van der Waals surface area (Å²) < 4.78 is 0. The number of nitrogens with one attached hydrogen (secondary N) is 1. The number of carbonyl (C=O) groups is 2. The van der Waals surface area contributed by atoms with Crippen LogP contribution < -0.4 is 5.32 Å². The number of urea groups is 1. The lowest BCUT2D eigenvalue weighted by molar-refractivity contribution is -0.141. The largest absolute Gasteiger partial charge is 0.480 e. The van der Waals surface area contributed by atoms with Gasteiger partial charge >= 0.3 is 12.0 Å². The van der Waals surface area contributed by atoms with E-state index in [2.05, 4.69) is 10.3 Å². The van der Waals surface area contributed by atoms with Crippen molar-refractivity contribution in [1.29, 1.82) is 0 Å². The van der Waals surface area contributed by atoms with Gasteiger partial charge in [-0.2, -0.15) is 0 Å². The Morgan fingerprint density at radius 2 is 2.37 bits per heavy atom. The zero-order chi connectivity index (χ0) is 14.0. The van der Waals surface area contributed by atoms with E-state index in [4.69, 9.17) is 5.11 Å². The lowest BCUT2D eigenvalue weighted by atomic mass is 10.2. The fourth-order valence-electron chi connectivity index (χ4n) is 2.03. The number of aromatic nitrogens is 1. The maximum absolute atomic E-state index is 11.9. The molecule has 0 aliphatic carbocycles. The number of carboxylic acid groups (broad SMARTS) is 1. The van der Waals surface area contributed by atoms with Crippen LogP contribution in [0.5, 0.6) is 0 Å². The predicted octanol–water partition coefficient (Wildman–Crippen LogP) is 0.181. The molecule has 0 saturated carbocycles. The van der Waals surface area contributed by atoms with Crippen LogP contribution in [-0.2, 0) is 11.3 Å². The lowest BCUT2D eigenvalue weighted by Gasteiger charge is -2.21. The third-order valence-corrected chi connectivity index (χ3v) is 3.73. The van der Waals surface area contributed by atoms with Crippen molar-refractivity contribution in [3.63, 3.8) is 0 Å². The number of aryl methyl sites for hydroxylation is 1. The van der Waals surface area contributed by atoms with E-state index in [1.807, 2.05) is 12.3 Å². The molecule has 0 radical (unpaired) electrons. The molecule has 7 nitrogen and oxygen atoms in total. The number of rotatable bonds is 3. The van der Waals surface area contributed by atoms with Gasteiger partial charge in [0, 0.05) is 18.3 Å². The van der Waals surface area contributed by atoms with Gasteiger partial charge in [0.05, 0.1) is 23.4 Å². The van der Waals surface area contributed by atoms with Crippen LogP contribution in [0, 0.1) is 6.92 Å². The first kappa shape index (κ1) is 13.8. The highest BCUT2D eigenvalue weighted by Gasteiger charge is 2.38. The summed E-state index contributed by atoms with van der Waals surface area (Å²) in [5.74, 6) is -1.10. The first-order valence-corrected chi connectivity index (χ1v) is 6.71. The molecule has 19 heavy (non-hydrogen) atoms. The summed E-state index contributed by atoms with van der Waals surface area (Å²) in [6, 6.07) is -1.46. The van der Waals surface area contributed by atoms with Crippen molar-refractivity contribution in [2.24, 2.45) is 0 Å². The second kappa shape index (κ2) is 5.54. The van der Waals surface area contributed by atoms with Crippen LogP contribution in [0.2, 0.25) is 0 Å². The maximum atomic E-state index is 11.9. The van der Waals surface area contributed by atoms with Gasteiger partial charge < -0.3 is 20.4 Å². The number of aliphatic hydroxyl groups excluding tert-OH is 1. The molecule has 0 bridgehead atoms. The summed E-state index contributed by atoms with van der Waals surface area (Å²) in [5, 5.41) is 23.8. The quantitative estimate of drug-likeness (QED) is 0.735. The van der Waals surface area contributed by atoms with Crippen molar-refractivity contribution in [2.45, 2.75) is 32.0 Å². The molecule has 2 heterocycles. The summed E-state index contributed by atoms with van der Waals surface area (Å²) in [7, 11) is 0. The van der Waals surface area contributed by atoms with Crippen LogP contribution >= 0.6 is 11.3 Å². The van der Waals surface area contributed by atoms with Gasteiger partial charge in [0.1, 0.15) is 6.04 Å². The number of carbonyl (C=O) groups excluding carboxylic acids is 1. The second-order valence-corrected chi connectivity index (χ2v) is 5.47. The average molecular weight is 285 g/mol. The van der Waals surface area contributed by atoms with E-state index < -0.39 is 24.1 Å². The fourth-order valence-corrected chi connectivity index (χ4v) is 2.64. The van der Waals surface area contributed by atoms with Gasteiger partial charge in [-0.15, -0.1) is 11.3 Å². The molecule has 3 N–H and O–H groups in total. The standard InChI is InChI=1S/C11H15N3O4S/c1-6-13-7(5-19-6)3-12-11(18)14-4-8(15)2-9(14)10(16)17/h5,8-9,15H,2-4H2,1H3,(H,12,18)(H,16,17)/t8?,9-/m0/s1. The van der Waals surface area contributed by atoms with Crippen LogP contribution in [0.25, 0.3) is 0 Å². The minimum atomic E-state index is -1.10. The van der Waals surface area contributed by atoms with Crippen LogP contribution in [0.1, 0.15) is 17.1 Å². The molecule has 8 heteroatoms. The molecule has 1 saturated heterocycles. The number of nitrogens with zero attached hydrogens (tertiary/aromatic N) is 2. The van der Waals surface area contributed by atoms with Crippen LogP contribution in [0.4, 0.5) is 4.79 Å². The van der Waals surface area contributed by atoms with Crippen molar-refractivity contribution in [2.75, 3.05) is 6.54 Å². The van der Waals surface area contributed by atoms with E-state index in [1.54, 1.807) is 0 Å². The molecule has 0 spiro atoms. The SMILES string of the molecule is Cc1nc(CNC(=O)N2CC(O)C[C@H]2C(=O)O)cs1. The fraction of sp³-hybridized carbons (Fsp3) is 0.545. The predicted molar refractivity (Wildman–Crippen MR) is 67.8 cm³/mol. The molecule has 2 rings (SSSR count). The maximum Gasteiger partial charge on any atom is 0.326 e. The molecule has 0 aromatic carbocycles. The molecule has 1 aliphatic rings. The second-order valence-electron chi connectivity index (χ2n) is 4.41. The molecule has 1 aromatic heterocycles. The number of amides is 2. The molecular formula is C11H15N3O4S. The summed E-state index contributed by atoms with van der Waals surface area (Å²) >= 11 is 1.48. The first-order chi connectivity index (χ1) is 8.97. The van der Waals surface area contributed by atoms with Crippen LogP contribution in [-0.4, -0.2) is 50.8 Å². The van der Waals surface area contributed by atoms with Gasteiger partial charge in [0.15, 0.2) is 0 Å². The summed E-state index contributed by atoms with van der Waals surface area (Å²) in [6.45, 7) is 2.16. The first-order valence-electron chi connectivity index (χ1n) is 5.83. The minimum Gasteiger partial charge on any atom is -0.480 e. The number of hydrogen-bond donors (Lipinski definition) is 3. The number of thiazole rings is 1. The molecule has 1 unspecified atom stereocenters. The number of aliphatic carboxylic acids is 1. The monoisotopic (exact) mass is 285 g/mol. The average Bonchev–Trinajstić information content (AvgIpc) is 2.92. The van der Waals surface area contributed by atoms with Crippen molar-refractivity contribution < 1.29 is 19.8 Å². The van der Waals surface area contributed by atoms with E-state index in [-0.39, 0.29) is 19.5 Å². The Morgan fingerprint density at radius 3 is 2.95 bits per heavy atom. The lowest BCUT2D eigenvalue weighted by Crippen LogP contribution is -2.46. The Balaban J connectivity index is 1.93. The Morgan fingerprint density at radius 1 is 1.63 bits per heavy atom. The highest BCUT2D eigenvalue weighted by atomic mass is 32.1. The Labute approximate surface area is 113 Å². The number of aliphatic hydroxyl groups is 1. The van der Waals surface area contributed by atoms with Gasteiger partial charge in [-0.1, -0.05) is 0 Å². The van der Waals surface area contributed by atoms with Crippen LogP contribution in [0.15, 0.2) is 5.38 Å². The van der Waals surface area contributed by atoms with Crippen molar-refractivity contribution in [1.82, 2.24) is 15.2 Å². The van der Waals surface area contributed by atoms with Crippen molar-refractivity contribution in [3.05, 3.63) is 16.1 Å². The van der Waals surface area contributed by atoms with Crippen molar-refractivity contribution >= 4 is 23.3 Å². The van der Waals surface area contributed by atoms with E-state index in [0.29, 0.717) is 0 Å². The number of β-amino-alcohol motifs (C(OH)–C–C–N with tert-alkyl or cyclic N) is 1. The van der Waals surface area contributed by atoms with Gasteiger partial charge in [0.2, 0.25) is 0 Å². The van der Waals surface area contributed by atoms with Gasteiger partial charge in [-0.3, -0.25) is 0 Å². The Kier molecular flexibility index (Phi) is 4.01. The molecule has 2 amide bonds. The Bertz CT molecular complexity index is 490. The number of hydrogen-bond acceptors (Lipinski definition) is 5. The molecule has 1 fully saturated rings. The molecule has 2 atom stereocenters. The highest BCUT2D eigenvalue weighted by molar-refractivity contribution is 7.09. The van der Waals surface area contributed by atoms with Gasteiger partial charge in [0.25, 0.3) is 0 Å². The molecule has 104 valence electrons. The topological polar surface area (TPSA) is 103 Å². The highest BCUT2D eigenvalue weighted by Crippen LogP contribution is 2.18. The summed E-state index contributed by atoms with van der Waals surface area (Å²) in [5.41, 5.74) is 0.738. The third kappa shape index (κ3) is 3.21. The molecule has 1 aliphatic heterocycles. The van der Waals surface area contributed by atoms with E-state index in [9.17, 15) is 14.7 Å².